The van der Waals surface area contributed by atoms with E-state index in [1.807, 2.05) is 36.4 Å². The van der Waals surface area contributed by atoms with E-state index in [-0.39, 0.29) is 10.0 Å². The van der Waals surface area contributed by atoms with Gasteiger partial charge in [-0.3, -0.25) is 10.1 Å². The van der Waals surface area contributed by atoms with Gasteiger partial charge in [0.2, 0.25) is 10.0 Å². The summed E-state index contributed by atoms with van der Waals surface area (Å²) in [7, 11) is -3.64. The van der Waals surface area contributed by atoms with Crippen molar-refractivity contribution in [2.24, 2.45) is 5.92 Å². The number of carbonyl (C=O) groups excluding carboxylic acids is 1. The van der Waals surface area contributed by atoms with Gasteiger partial charge in [-0.2, -0.15) is 0 Å². The van der Waals surface area contributed by atoms with Crippen LogP contribution in [0.15, 0.2) is 83.8 Å². The summed E-state index contributed by atoms with van der Waals surface area (Å²) in [6, 6.07) is 22.8. The molecule has 3 N–H and O–H groups in total. The summed E-state index contributed by atoms with van der Waals surface area (Å²) in [5.74, 6) is 0.594. The molecule has 0 saturated carbocycles. The lowest BCUT2D eigenvalue weighted by Gasteiger charge is -2.14. The molecule has 1 amide bonds. The number of rotatable bonds is 11. The molecule has 9 heteroatoms. The molecule has 0 aromatic heterocycles. The first kappa shape index (κ1) is 27.3. The normalized spacial score (nSPS) is 11.2. The topological polar surface area (TPSA) is 96.5 Å². The van der Waals surface area contributed by atoms with Crippen molar-refractivity contribution in [3.05, 3.63) is 90.0 Å². The summed E-state index contributed by atoms with van der Waals surface area (Å²) in [5, 5.41) is 5.64. The molecule has 3 aromatic carbocycles. The molecular weight excluding hydrogens is 494 g/mol. The number of amides is 1. The molecule has 0 bridgehead atoms. The van der Waals surface area contributed by atoms with Crippen LogP contribution in [0.4, 0.5) is 5.69 Å². The molecule has 0 unspecified atom stereocenters. The van der Waals surface area contributed by atoms with Crippen molar-refractivity contribution < 1.29 is 17.9 Å². The predicted octanol–water partition coefficient (Wildman–Crippen LogP) is 4.76. The third kappa shape index (κ3) is 8.44. The fourth-order valence-corrected chi connectivity index (χ4v) is 4.54. The Bertz CT molecular complexity index is 1260. The molecular formula is C27H31N3O4S2. The van der Waals surface area contributed by atoms with Gasteiger partial charge in [0.05, 0.1) is 17.1 Å². The van der Waals surface area contributed by atoms with Gasteiger partial charge >= 0.3 is 0 Å². The second kappa shape index (κ2) is 13.2. The summed E-state index contributed by atoms with van der Waals surface area (Å²) in [5.41, 5.74) is 1.98. The van der Waals surface area contributed by atoms with Crippen molar-refractivity contribution in [1.82, 2.24) is 10.0 Å². The van der Waals surface area contributed by atoms with E-state index in [4.69, 9.17) is 17.0 Å². The van der Waals surface area contributed by atoms with E-state index in [0.29, 0.717) is 42.5 Å². The number of carbonyl (C=O) groups is 1. The second-order valence-electron chi connectivity index (χ2n) is 8.59. The third-order valence-corrected chi connectivity index (χ3v) is 6.96. The van der Waals surface area contributed by atoms with Gasteiger partial charge in [-0.05, 0) is 72.9 Å². The predicted molar refractivity (Wildman–Crippen MR) is 147 cm³/mol. The number of hydrogen-bond acceptors (Lipinski definition) is 5. The van der Waals surface area contributed by atoms with E-state index in [1.54, 1.807) is 30.3 Å². The van der Waals surface area contributed by atoms with Crippen LogP contribution in [0.3, 0.4) is 0 Å². The SMILES string of the molecule is CC(C)CCOc1ccccc1C(=O)NC(=S)Nc1ccc(S(=O)(=O)NCCc2ccccc2)cc1. The first-order chi connectivity index (χ1) is 17.2. The van der Waals surface area contributed by atoms with Crippen molar-refractivity contribution in [2.75, 3.05) is 18.5 Å². The van der Waals surface area contributed by atoms with Crippen molar-refractivity contribution in [3.8, 4) is 5.75 Å². The van der Waals surface area contributed by atoms with Crippen LogP contribution in [0.2, 0.25) is 0 Å². The zero-order chi connectivity index (χ0) is 26.0. The van der Waals surface area contributed by atoms with Crippen molar-refractivity contribution in [2.45, 2.75) is 31.6 Å². The summed E-state index contributed by atoms with van der Waals surface area (Å²) in [4.78, 5) is 12.9. The van der Waals surface area contributed by atoms with Crippen LogP contribution in [0.5, 0.6) is 5.75 Å². The van der Waals surface area contributed by atoms with Gasteiger partial charge in [0.1, 0.15) is 5.75 Å². The molecule has 36 heavy (non-hydrogen) atoms. The highest BCUT2D eigenvalue weighted by Gasteiger charge is 2.15. The van der Waals surface area contributed by atoms with Crippen molar-refractivity contribution in [3.63, 3.8) is 0 Å². The quantitative estimate of drug-likeness (QED) is 0.313. The smallest absolute Gasteiger partial charge is 0.261 e. The maximum atomic E-state index is 12.7. The third-order valence-electron chi connectivity index (χ3n) is 5.28. The highest BCUT2D eigenvalue weighted by Crippen LogP contribution is 2.19. The molecule has 0 saturated heterocycles. The Labute approximate surface area is 218 Å². The number of ether oxygens (including phenoxy) is 1. The van der Waals surface area contributed by atoms with Crippen LogP contribution in [0.25, 0.3) is 0 Å². The number of hydrogen-bond donors (Lipinski definition) is 3. The van der Waals surface area contributed by atoms with Crippen LogP contribution in [0.1, 0.15) is 36.2 Å². The number of benzene rings is 3. The lowest BCUT2D eigenvalue weighted by molar-refractivity contribution is 0.0973. The molecule has 0 atom stereocenters. The second-order valence-corrected chi connectivity index (χ2v) is 10.8. The lowest BCUT2D eigenvalue weighted by atomic mass is 10.1. The Kier molecular flexibility index (Phi) is 9.98. The van der Waals surface area contributed by atoms with Crippen LogP contribution in [0, 0.1) is 5.92 Å². The molecule has 190 valence electrons. The zero-order valence-corrected chi connectivity index (χ0v) is 22.0. The molecule has 0 radical (unpaired) electrons. The van der Waals surface area contributed by atoms with Gasteiger partial charge in [-0.1, -0.05) is 56.3 Å². The summed E-state index contributed by atoms with van der Waals surface area (Å²) in [6.07, 6.45) is 1.48. The number of sulfonamides is 1. The Morgan fingerprint density at radius 1 is 0.944 bits per heavy atom. The minimum atomic E-state index is -3.64. The molecule has 0 heterocycles. The van der Waals surface area contributed by atoms with Crippen LogP contribution >= 0.6 is 12.2 Å². The molecule has 0 aliphatic carbocycles. The van der Waals surface area contributed by atoms with E-state index in [0.717, 1.165) is 12.0 Å². The first-order valence-corrected chi connectivity index (χ1v) is 13.6. The standard InChI is InChI=1S/C27H31N3O4S2/c1-20(2)17-19-34-25-11-7-6-10-24(25)26(31)30-27(35)29-22-12-14-23(15-13-22)36(32,33)28-18-16-21-8-4-3-5-9-21/h3-15,20,28H,16-19H2,1-2H3,(H2,29,30,31,35). The maximum Gasteiger partial charge on any atom is 0.261 e. The lowest BCUT2D eigenvalue weighted by Crippen LogP contribution is -2.34. The monoisotopic (exact) mass is 525 g/mol. The van der Waals surface area contributed by atoms with Gasteiger partial charge in [0.25, 0.3) is 5.91 Å². The van der Waals surface area contributed by atoms with Gasteiger partial charge in [-0.25, -0.2) is 13.1 Å². The Balaban J connectivity index is 1.53. The molecule has 7 nitrogen and oxygen atoms in total. The van der Waals surface area contributed by atoms with E-state index < -0.39 is 15.9 Å². The molecule has 0 spiro atoms. The zero-order valence-electron chi connectivity index (χ0n) is 20.4. The van der Waals surface area contributed by atoms with E-state index >= 15 is 0 Å². The molecule has 3 aromatic rings. The minimum Gasteiger partial charge on any atom is -0.493 e. The Morgan fingerprint density at radius 2 is 1.61 bits per heavy atom. The van der Waals surface area contributed by atoms with E-state index in [2.05, 4.69) is 29.2 Å². The Hall–Kier alpha value is -3.27. The van der Waals surface area contributed by atoms with Crippen molar-refractivity contribution >= 4 is 38.9 Å². The number of anilines is 1. The van der Waals surface area contributed by atoms with Gasteiger partial charge in [-0.15, -0.1) is 0 Å². The number of nitrogens with one attached hydrogen (secondary N) is 3. The van der Waals surface area contributed by atoms with E-state index in [1.165, 1.54) is 12.1 Å². The summed E-state index contributed by atoms with van der Waals surface area (Å²) < 4.78 is 33.5. The van der Waals surface area contributed by atoms with Crippen LogP contribution in [-0.4, -0.2) is 32.6 Å². The highest BCUT2D eigenvalue weighted by atomic mass is 32.2. The molecule has 0 aliphatic rings. The summed E-state index contributed by atoms with van der Waals surface area (Å²) >= 11 is 5.27. The van der Waals surface area contributed by atoms with Crippen molar-refractivity contribution in [1.29, 1.82) is 0 Å². The largest absolute Gasteiger partial charge is 0.493 e. The first-order valence-electron chi connectivity index (χ1n) is 11.7. The van der Waals surface area contributed by atoms with Crippen LogP contribution in [-0.2, 0) is 16.4 Å². The highest BCUT2D eigenvalue weighted by molar-refractivity contribution is 7.89. The summed E-state index contributed by atoms with van der Waals surface area (Å²) in [6.45, 7) is 5.03. The minimum absolute atomic E-state index is 0.0913. The van der Waals surface area contributed by atoms with Gasteiger partial charge < -0.3 is 10.1 Å². The fraction of sp³-hybridized carbons (Fsp3) is 0.259. The molecule has 3 rings (SSSR count). The molecule has 0 aliphatic heterocycles. The van der Waals surface area contributed by atoms with Gasteiger partial charge in [0, 0.05) is 12.2 Å². The van der Waals surface area contributed by atoms with E-state index in [9.17, 15) is 13.2 Å². The average Bonchev–Trinajstić information content (AvgIpc) is 2.85. The maximum absolute atomic E-state index is 12.7. The average molecular weight is 526 g/mol. The molecule has 0 fully saturated rings. The van der Waals surface area contributed by atoms with Gasteiger partial charge in [0.15, 0.2) is 5.11 Å². The Morgan fingerprint density at radius 3 is 2.31 bits per heavy atom. The van der Waals surface area contributed by atoms with Crippen LogP contribution < -0.4 is 20.1 Å². The number of para-hydroxylation sites is 1. The number of thiocarbonyl (C=S) groups is 1. The fourth-order valence-electron chi connectivity index (χ4n) is 3.29.